The Labute approximate surface area is 124 Å². The molecule has 0 saturated heterocycles. The Balaban J connectivity index is 2.14. The molecule has 6 nitrogen and oxygen atoms in total. The second-order valence-corrected chi connectivity index (χ2v) is 6.46. The lowest BCUT2D eigenvalue weighted by Crippen LogP contribution is -2.27. The minimum absolute atomic E-state index is 0.317. The Morgan fingerprint density at radius 1 is 1.38 bits per heavy atom. The maximum atomic E-state index is 12.4. The molecule has 2 aromatic rings. The Kier molecular flexibility index (Phi) is 5.11. The zero-order valence-electron chi connectivity index (χ0n) is 12.0. The summed E-state index contributed by atoms with van der Waals surface area (Å²) >= 11 is 0. The van der Waals surface area contributed by atoms with Crippen molar-refractivity contribution in [2.45, 2.75) is 31.2 Å². The number of sulfonamides is 1. The lowest BCUT2D eigenvalue weighted by molar-refractivity contribution is 0.580. The molecule has 1 heterocycles. The van der Waals surface area contributed by atoms with Crippen molar-refractivity contribution in [1.29, 1.82) is 0 Å². The monoisotopic (exact) mass is 308 g/mol. The van der Waals surface area contributed by atoms with Crippen molar-refractivity contribution in [2.24, 2.45) is 5.73 Å². The van der Waals surface area contributed by atoms with E-state index in [2.05, 4.69) is 14.7 Å². The second-order valence-electron chi connectivity index (χ2n) is 4.72. The molecule has 0 saturated carbocycles. The summed E-state index contributed by atoms with van der Waals surface area (Å²) < 4.78 is 27.5. The molecule has 0 fully saturated rings. The number of H-pyrrole nitrogens is 1. The highest BCUT2D eigenvalue weighted by atomic mass is 32.2. The van der Waals surface area contributed by atoms with E-state index in [-0.39, 0.29) is 0 Å². The average Bonchev–Trinajstić information content (AvgIpc) is 2.99. The van der Waals surface area contributed by atoms with Gasteiger partial charge in [0.2, 0.25) is 10.0 Å². The summed E-state index contributed by atoms with van der Waals surface area (Å²) in [5.41, 5.74) is 8.08. The van der Waals surface area contributed by atoms with Crippen molar-refractivity contribution in [1.82, 2.24) is 14.7 Å². The fraction of sp³-hybridized carbons (Fsp3) is 0.357. The first kappa shape index (κ1) is 15.7. The third kappa shape index (κ3) is 3.90. The topological polar surface area (TPSA) is 101 Å². The SMILES string of the molecule is CCc1ccc(CN)cc1S(=O)(=O)NCCc1cnc[nH]1. The van der Waals surface area contributed by atoms with Crippen LogP contribution < -0.4 is 10.5 Å². The Bertz CT molecular complexity index is 681. The van der Waals surface area contributed by atoms with E-state index in [1.165, 1.54) is 0 Å². The standard InChI is InChI=1S/C14H20N4O2S/c1-2-12-4-3-11(8-15)7-14(12)21(19,20)18-6-5-13-9-16-10-17-13/h3-4,7,9-10,18H,2,5-6,8,15H2,1H3,(H,16,17). The van der Waals surface area contributed by atoms with Gasteiger partial charge in [-0.1, -0.05) is 19.1 Å². The van der Waals surface area contributed by atoms with Gasteiger partial charge >= 0.3 is 0 Å². The number of hydrogen-bond donors (Lipinski definition) is 3. The van der Waals surface area contributed by atoms with Crippen LogP contribution >= 0.6 is 0 Å². The largest absolute Gasteiger partial charge is 0.348 e. The van der Waals surface area contributed by atoms with Crippen LogP contribution in [0.5, 0.6) is 0 Å². The first-order valence-corrected chi connectivity index (χ1v) is 8.34. The lowest BCUT2D eigenvalue weighted by atomic mass is 10.1. The highest BCUT2D eigenvalue weighted by Crippen LogP contribution is 2.18. The van der Waals surface area contributed by atoms with Crippen LogP contribution in [0.2, 0.25) is 0 Å². The third-order valence-corrected chi connectivity index (χ3v) is 4.82. The van der Waals surface area contributed by atoms with Crippen LogP contribution in [-0.4, -0.2) is 24.9 Å². The van der Waals surface area contributed by atoms with Gasteiger partial charge < -0.3 is 10.7 Å². The van der Waals surface area contributed by atoms with Gasteiger partial charge in [-0.05, 0) is 23.6 Å². The van der Waals surface area contributed by atoms with Crippen molar-refractivity contribution in [3.05, 3.63) is 47.5 Å². The number of benzene rings is 1. The van der Waals surface area contributed by atoms with E-state index in [1.807, 2.05) is 19.1 Å². The van der Waals surface area contributed by atoms with Crippen molar-refractivity contribution < 1.29 is 8.42 Å². The van der Waals surface area contributed by atoms with Crippen LogP contribution in [0.1, 0.15) is 23.7 Å². The third-order valence-electron chi connectivity index (χ3n) is 3.28. The van der Waals surface area contributed by atoms with E-state index < -0.39 is 10.0 Å². The summed E-state index contributed by atoms with van der Waals surface area (Å²) in [7, 11) is -3.53. The van der Waals surface area contributed by atoms with E-state index in [1.54, 1.807) is 18.6 Å². The predicted molar refractivity (Wildman–Crippen MR) is 81.2 cm³/mol. The van der Waals surface area contributed by atoms with Gasteiger partial charge in [0, 0.05) is 31.4 Å². The van der Waals surface area contributed by atoms with Gasteiger partial charge in [-0.15, -0.1) is 0 Å². The van der Waals surface area contributed by atoms with Crippen LogP contribution in [0.3, 0.4) is 0 Å². The van der Waals surface area contributed by atoms with Crippen LogP contribution in [0, 0.1) is 0 Å². The minimum atomic E-state index is -3.53. The molecule has 114 valence electrons. The van der Waals surface area contributed by atoms with E-state index in [9.17, 15) is 8.42 Å². The van der Waals surface area contributed by atoms with Gasteiger partial charge in [-0.2, -0.15) is 0 Å². The molecule has 0 bridgehead atoms. The number of aromatic nitrogens is 2. The number of nitrogens with zero attached hydrogens (tertiary/aromatic N) is 1. The van der Waals surface area contributed by atoms with E-state index in [0.29, 0.717) is 30.8 Å². The van der Waals surface area contributed by atoms with Gasteiger partial charge in [0.15, 0.2) is 0 Å². The first-order chi connectivity index (χ1) is 10.1. The molecule has 0 atom stereocenters. The predicted octanol–water partition coefficient (Wildman–Crippen LogP) is 0.952. The molecule has 2 rings (SSSR count). The van der Waals surface area contributed by atoms with Crippen LogP contribution in [-0.2, 0) is 29.4 Å². The molecule has 1 aromatic carbocycles. The quantitative estimate of drug-likeness (QED) is 0.709. The summed E-state index contributed by atoms with van der Waals surface area (Å²) in [6.07, 6.45) is 4.48. The van der Waals surface area contributed by atoms with E-state index in [4.69, 9.17) is 5.73 Å². The highest BCUT2D eigenvalue weighted by molar-refractivity contribution is 7.89. The Morgan fingerprint density at radius 2 is 2.19 bits per heavy atom. The summed E-state index contributed by atoms with van der Waals surface area (Å²) in [4.78, 5) is 7.16. The number of aryl methyl sites for hydroxylation is 1. The molecule has 0 aliphatic rings. The molecule has 0 radical (unpaired) electrons. The van der Waals surface area contributed by atoms with Gasteiger partial charge in [-0.3, -0.25) is 0 Å². The molecule has 0 amide bonds. The summed E-state index contributed by atoms with van der Waals surface area (Å²) in [6.45, 7) is 2.57. The molecular weight excluding hydrogens is 288 g/mol. The fourth-order valence-electron chi connectivity index (χ4n) is 2.09. The Hall–Kier alpha value is -1.70. The Morgan fingerprint density at radius 3 is 2.81 bits per heavy atom. The highest BCUT2D eigenvalue weighted by Gasteiger charge is 2.17. The number of hydrogen-bond acceptors (Lipinski definition) is 4. The molecule has 21 heavy (non-hydrogen) atoms. The molecule has 0 aliphatic heterocycles. The molecule has 1 aromatic heterocycles. The minimum Gasteiger partial charge on any atom is -0.348 e. The first-order valence-electron chi connectivity index (χ1n) is 6.85. The summed E-state index contributed by atoms with van der Waals surface area (Å²) in [6, 6.07) is 5.34. The number of imidazole rings is 1. The molecule has 4 N–H and O–H groups in total. The summed E-state index contributed by atoms with van der Waals surface area (Å²) in [5, 5.41) is 0. The van der Waals surface area contributed by atoms with Crippen molar-refractivity contribution in [3.8, 4) is 0 Å². The fourth-order valence-corrected chi connectivity index (χ4v) is 3.48. The van der Waals surface area contributed by atoms with Gasteiger partial charge in [-0.25, -0.2) is 18.1 Å². The van der Waals surface area contributed by atoms with Crippen LogP contribution in [0.4, 0.5) is 0 Å². The number of rotatable bonds is 7. The number of aromatic amines is 1. The van der Waals surface area contributed by atoms with E-state index in [0.717, 1.165) is 16.8 Å². The molecule has 7 heteroatoms. The molecule has 0 aliphatic carbocycles. The lowest BCUT2D eigenvalue weighted by Gasteiger charge is -2.12. The zero-order valence-corrected chi connectivity index (χ0v) is 12.8. The number of nitrogens with two attached hydrogens (primary N) is 1. The molecule has 0 spiro atoms. The van der Waals surface area contributed by atoms with Crippen molar-refractivity contribution in [3.63, 3.8) is 0 Å². The van der Waals surface area contributed by atoms with E-state index >= 15 is 0 Å². The second kappa shape index (κ2) is 6.84. The number of nitrogens with one attached hydrogen (secondary N) is 2. The zero-order chi connectivity index (χ0) is 15.3. The van der Waals surface area contributed by atoms with Crippen LogP contribution in [0.25, 0.3) is 0 Å². The molecular formula is C14H20N4O2S. The maximum Gasteiger partial charge on any atom is 0.240 e. The van der Waals surface area contributed by atoms with Crippen LogP contribution in [0.15, 0.2) is 35.6 Å². The normalized spacial score (nSPS) is 11.7. The average molecular weight is 308 g/mol. The van der Waals surface area contributed by atoms with Gasteiger partial charge in [0.1, 0.15) is 0 Å². The summed E-state index contributed by atoms with van der Waals surface area (Å²) in [5.74, 6) is 0. The smallest absolute Gasteiger partial charge is 0.240 e. The van der Waals surface area contributed by atoms with Gasteiger partial charge in [0.25, 0.3) is 0 Å². The van der Waals surface area contributed by atoms with Crippen molar-refractivity contribution in [2.75, 3.05) is 6.54 Å². The maximum absolute atomic E-state index is 12.4. The van der Waals surface area contributed by atoms with Gasteiger partial charge in [0.05, 0.1) is 11.2 Å². The van der Waals surface area contributed by atoms with Crippen molar-refractivity contribution >= 4 is 10.0 Å². The molecule has 0 unspecified atom stereocenters.